The summed E-state index contributed by atoms with van der Waals surface area (Å²) in [5.41, 5.74) is 7.87. The summed E-state index contributed by atoms with van der Waals surface area (Å²) >= 11 is 0. The van der Waals surface area contributed by atoms with E-state index in [0.29, 0.717) is 30.8 Å². The fourth-order valence-electron chi connectivity index (χ4n) is 6.03. The molecular weight excluding hydrogens is 560 g/mol. The number of carbonyl (C=O) groups excluding carboxylic acids is 2. The van der Waals surface area contributed by atoms with Crippen LogP contribution in [-0.4, -0.2) is 47.6 Å². The molecule has 44 heavy (non-hydrogen) atoms. The minimum absolute atomic E-state index is 0.0653. The Kier molecular flexibility index (Phi) is 12.9. The van der Waals surface area contributed by atoms with E-state index in [1.165, 1.54) is 17.7 Å². The highest BCUT2D eigenvalue weighted by atomic mass is 19.1. The average Bonchev–Trinajstić information content (AvgIpc) is 2.98. The van der Waals surface area contributed by atoms with Crippen molar-refractivity contribution >= 4 is 11.8 Å². The van der Waals surface area contributed by atoms with Gasteiger partial charge in [0, 0.05) is 49.3 Å². The second kappa shape index (κ2) is 16.3. The molecule has 2 aromatic rings. The summed E-state index contributed by atoms with van der Waals surface area (Å²) in [6.45, 7) is 9.33. The summed E-state index contributed by atoms with van der Waals surface area (Å²) in [4.78, 5) is 29.1. The van der Waals surface area contributed by atoms with Crippen molar-refractivity contribution in [1.82, 2.24) is 10.2 Å². The number of hydrogen-bond acceptors (Lipinski definition) is 4. The lowest BCUT2D eigenvalue weighted by atomic mass is 9.63. The van der Waals surface area contributed by atoms with Crippen LogP contribution < -0.4 is 11.1 Å². The average molecular weight is 606 g/mol. The Labute approximate surface area is 260 Å². The predicted molar refractivity (Wildman–Crippen MR) is 170 cm³/mol. The molecule has 236 valence electrons. The highest BCUT2D eigenvalue weighted by molar-refractivity contribution is 5.97. The molecule has 0 fully saturated rings. The van der Waals surface area contributed by atoms with Crippen molar-refractivity contribution in [3.8, 4) is 11.8 Å². The molecule has 2 aromatic carbocycles. The minimum Gasteiger partial charge on any atom is -0.391 e. The van der Waals surface area contributed by atoms with Crippen LogP contribution in [0.1, 0.15) is 63.6 Å². The third kappa shape index (κ3) is 8.87. The number of halogens is 2. The lowest BCUT2D eigenvalue weighted by Crippen LogP contribution is -2.51. The van der Waals surface area contributed by atoms with E-state index in [1.807, 2.05) is 32.0 Å². The van der Waals surface area contributed by atoms with Crippen LogP contribution in [-0.2, 0) is 29.0 Å². The number of primary amides is 1. The maximum atomic E-state index is 14.3. The molecule has 0 radical (unpaired) electrons. The van der Waals surface area contributed by atoms with Gasteiger partial charge in [0.25, 0.3) is 0 Å². The Morgan fingerprint density at radius 1 is 1.05 bits per heavy atom. The van der Waals surface area contributed by atoms with Gasteiger partial charge in [-0.2, -0.15) is 0 Å². The Hall–Kier alpha value is -3.80. The monoisotopic (exact) mass is 605 g/mol. The third-order valence-corrected chi connectivity index (χ3v) is 8.09. The second-order valence-electron chi connectivity index (χ2n) is 11.5. The number of hydrogen-bond donors (Lipinski definition) is 3. The zero-order valence-corrected chi connectivity index (χ0v) is 26.3. The zero-order chi connectivity index (χ0) is 32.3. The van der Waals surface area contributed by atoms with Crippen LogP contribution >= 0.6 is 0 Å². The van der Waals surface area contributed by atoms with Gasteiger partial charge in [-0.15, -0.1) is 5.92 Å². The first-order valence-corrected chi connectivity index (χ1v) is 15.4. The first-order valence-electron chi connectivity index (χ1n) is 15.4. The first kappa shape index (κ1) is 34.7. The first-order chi connectivity index (χ1) is 21.1. The Morgan fingerprint density at radius 3 is 2.30 bits per heavy atom. The van der Waals surface area contributed by atoms with E-state index in [4.69, 9.17) is 5.73 Å². The number of nitrogens with two attached hydrogens (primary N) is 1. The van der Waals surface area contributed by atoms with Crippen LogP contribution in [0.15, 0.2) is 65.8 Å². The SMILES string of the molecule is CC#CC1=CC(C(N)=O)([C@H](Cc2cc(F)cc(F)c2)[C@@H](O)CNCc2cccc(CC)c2)CC(C(=O)N(CCC)CCC)=C1. The maximum absolute atomic E-state index is 14.3. The van der Waals surface area contributed by atoms with E-state index in [-0.39, 0.29) is 30.9 Å². The van der Waals surface area contributed by atoms with Gasteiger partial charge in [-0.3, -0.25) is 9.59 Å². The van der Waals surface area contributed by atoms with Gasteiger partial charge in [0.1, 0.15) is 11.6 Å². The summed E-state index contributed by atoms with van der Waals surface area (Å²) in [5, 5.41) is 15.0. The summed E-state index contributed by atoms with van der Waals surface area (Å²) in [5.74, 6) is 2.37. The topological polar surface area (TPSA) is 95.7 Å². The lowest BCUT2D eigenvalue weighted by Gasteiger charge is -2.41. The smallest absolute Gasteiger partial charge is 0.249 e. The molecule has 1 unspecified atom stereocenters. The summed E-state index contributed by atoms with van der Waals surface area (Å²) in [6.07, 6.45) is 4.41. The highest BCUT2D eigenvalue weighted by Gasteiger charge is 2.49. The van der Waals surface area contributed by atoms with Gasteiger partial charge >= 0.3 is 0 Å². The zero-order valence-electron chi connectivity index (χ0n) is 26.3. The van der Waals surface area contributed by atoms with Gasteiger partial charge in [-0.1, -0.05) is 57.0 Å². The van der Waals surface area contributed by atoms with Gasteiger partial charge in [0.05, 0.1) is 11.5 Å². The molecule has 0 aromatic heterocycles. The van der Waals surface area contributed by atoms with E-state index in [1.54, 1.807) is 24.0 Å². The molecule has 3 rings (SSSR count). The Bertz CT molecular complexity index is 1420. The fourth-order valence-corrected chi connectivity index (χ4v) is 6.03. The molecule has 3 atom stereocenters. The number of nitrogens with one attached hydrogen (secondary N) is 1. The lowest BCUT2D eigenvalue weighted by molar-refractivity contribution is -0.132. The summed E-state index contributed by atoms with van der Waals surface area (Å²) < 4.78 is 28.6. The van der Waals surface area contributed by atoms with Gasteiger partial charge in [-0.25, -0.2) is 8.78 Å². The summed E-state index contributed by atoms with van der Waals surface area (Å²) in [6, 6.07) is 11.2. The molecule has 2 amide bonds. The van der Waals surface area contributed by atoms with Gasteiger partial charge in [0.15, 0.2) is 0 Å². The molecule has 0 saturated heterocycles. The molecule has 1 aliphatic carbocycles. The van der Waals surface area contributed by atoms with Crippen molar-refractivity contribution in [1.29, 1.82) is 0 Å². The molecular formula is C36H45F2N3O3. The molecule has 6 nitrogen and oxygen atoms in total. The number of rotatable bonds is 15. The number of aryl methyl sites for hydroxylation is 1. The normalized spacial score (nSPS) is 17.5. The molecule has 0 saturated carbocycles. The molecule has 0 aliphatic heterocycles. The largest absolute Gasteiger partial charge is 0.391 e. The van der Waals surface area contributed by atoms with Crippen LogP contribution in [0.4, 0.5) is 8.78 Å². The van der Waals surface area contributed by atoms with Crippen molar-refractivity contribution in [3.63, 3.8) is 0 Å². The van der Waals surface area contributed by atoms with Crippen molar-refractivity contribution in [2.45, 2.75) is 72.4 Å². The molecule has 1 aliphatic rings. The number of allylic oxidation sites excluding steroid dienone is 2. The van der Waals surface area contributed by atoms with E-state index in [9.17, 15) is 23.5 Å². The van der Waals surface area contributed by atoms with Crippen LogP contribution in [0.25, 0.3) is 0 Å². The fraction of sp³-hybridized carbons (Fsp3) is 0.444. The van der Waals surface area contributed by atoms with Crippen LogP contribution in [0.2, 0.25) is 0 Å². The maximum Gasteiger partial charge on any atom is 0.249 e. The van der Waals surface area contributed by atoms with Crippen LogP contribution in [0, 0.1) is 34.8 Å². The number of aliphatic hydroxyl groups excluding tert-OH is 1. The molecule has 8 heteroatoms. The van der Waals surface area contributed by atoms with E-state index in [0.717, 1.165) is 30.9 Å². The van der Waals surface area contributed by atoms with Gasteiger partial charge in [0.2, 0.25) is 11.8 Å². The second-order valence-corrected chi connectivity index (χ2v) is 11.5. The molecule has 0 spiro atoms. The van der Waals surface area contributed by atoms with Crippen molar-refractivity contribution in [2.75, 3.05) is 19.6 Å². The van der Waals surface area contributed by atoms with E-state index < -0.39 is 35.0 Å². The number of aliphatic hydroxyl groups is 1. The van der Waals surface area contributed by atoms with Crippen molar-refractivity contribution in [2.24, 2.45) is 17.1 Å². The van der Waals surface area contributed by atoms with E-state index in [2.05, 4.69) is 30.1 Å². The summed E-state index contributed by atoms with van der Waals surface area (Å²) in [7, 11) is 0. The van der Waals surface area contributed by atoms with Crippen LogP contribution in [0.5, 0.6) is 0 Å². The van der Waals surface area contributed by atoms with E-state index >= 15 is 0 Å². The van der Waals surface area contributed by atoms with Gasteiger partial charge < -0.3 is 21.1 Å². The number of benzene rings is 2. The standard InChI is InChI=1S/C36H45F2N3O3/c1-5-10-26-16-29(34(43)41(13-6-2)14-7-3)22-36(21-26,35(39)44)32(19-28-17-30(37)20-31(38)18-28)33(42)24-40-23-27-12-9-11-25(8-4)15-27/h9,11-12,15-18,20-21,32-33,40,42H,6-8,13-14,19,22-24H2,1-4H3,(H2,39,44)/t32-,33+,36?/m1/s1. The van der Waals surface area contributed by atoms with Crippen molar-refractivity contribution in [3.05, 3.63) is 94.1 Å². The highest BCUT2D eigenvalue weighted by Crippen LogP contribution is 2.44. The Balaban J connectivity index is 2.06. The Morgan fingerprint density at radius 2 is 1.70 bits per heavy atom. The van der Waals surface area contributed by atoms with Gasteiger partial charge in [-0.05, 0) is 73.9 Å². The quantitative estimate of drug-likeness (QED) is 0.242. The molecule has 0 bridgehead atoms. The van der Waals surface area contributed by atoms with Crippen LogP contribution in [0.3, 0.4) is 0 Å². The minimum atomic E-state index is -1.56. The molecule has 4 N–H and O–H groups in total. The molecule has 0 heterocycles. The number of carbonyl (C=O) groups is 2. The third-order valence-electron chi connectivity index (χ3n) is 8.09. The number of nitrogens with zero attached hydrogens (tertiary/aromatic N) is 1. The predicted octanol–water partition coefficient (Wildman–Crippen LogP) is 5.24. The number of amides is 2. The van der Waals surface area contributed by atoms with Crippen molar-refractivity contribution < 1.29 is 23.5 Å².